The maximum absolute atomic E-state index is 6.92. The topological polar surface area (TPSA) is 28.9 Å². The van der Waals surface area contributed by atoms with Crippen molar-refractivity contribution in [2.24, 2.45) is 0 Å². The number of rotatable bonds is 2. The molecule has 0 N–H and O–H groups in total. The van der Waals surface area contributed by atoms with E-state index in [1.807, 2.05) is 0 Å². The molecule has 0 saturated carbocycles. The second-order valence-corrected chi connectivity index (χ2v) is 17.7. The van der Waals surface area contributed by atoms with Crippen LogP contribution in [-0.2, 0) is 10.8 Å². The van der Waals surface area contributed by atoms with Gasteiger partial charge in [-0.2, -0.15) is 0 Å². The molecule has 1 aromatic heterocycles. The molecule has 0 amide bonds. The van der Waals surface area contributed by atoms with Crippen molar-refractivity contribution in [3.05, 3.63) is 186 Å². The van der Waals surface area contributed by atoms with Crippen LogP contribution < -0.4 is 25.4 Å². The highest BCUT2D eigenvalue weighted by Gasteiger charge is 2.51. The van der Waals surface area contributed by atoms with Gasteiger partial charge in [-0.05, 0) is 75.1 Å². The lowest BCUT2D eigenvalue weighted by atomic mass is 9.42. The Kier molecular flexibility index (Phi) is 6.36. The molecular formula is C54H39BN2O2. The Morgan fingerprint density at radius 3 is 2.05 bits per heavy atom. The standard InChI is InChI=1S/C54H39BN2O2/c1-53(2)37-18-9-11-22-42(37)56-44-31-48-49(35-17-8-12-23-45(35)58-48)50-36-29-40-47(59-46-24-13-10-19-38(46)54(40,3)4)30-43(36)57(55(51(44)50)41-21-14-20-39(53)52(41)56)34-27-25-33(26-28-34)32-15-6-5-7-16-32/h5-31H,1-4H3. The molecule has 0 aliphatic carbocycles. The van der Waals surface area contributed by atoms with E-state index in [4.69, 9.17) is 9.15 Å². The third-order valence-corrected chi connectivity index (χ3v) is 13.9. The molecule has 0 saturated heterocycles. The highest BCUT2D eigenvalue weighted by atomic mass is 16.5. The van der Waals surface area contributed by atoms with Gasteiger partial charge >= 0.3 is 6.85 Å². The maximum Gasteiger partial charge on any atom is 0.333 e. The van der Waals surface area contributed by atoms with Gasteiger partial charge in [-0.1, -0.05) is 143 Å². The Bertz CT molecular complexity index is 3270. The minimum Gasteiger partial charge on any atom is -0.457 e. The molecule has 9 aromatic rings. The van der Waals surface area contributed by atoms with Gasteiger partial charge in [-0.3, -0.25) is 0 Å². The number of nitrogens with zero attached hydrogens (tertiary/aromatic N) is 2. The number of anilines is 5. The van der Waals surface area contributed by atoms with Crippen LogP contribution in [0.1, 0.15) is 49.9 Å². The molecule has 0 bridgehead atoms. The summed E-state index contributed by atoms with van der Waals surface area (Å²) >= 11 is 0. The lowest BCUT2D eigenvalue weighted by molar-refractivity contribution is 0.418. The SMILES string of the molecule is CC1(C)c2ccccc2Oc2cc3c(cc21)-c1c2c(cc4oc5ccccc5c14)N1c4ccccc4C(C)(C)c4cccc(c41)B2N3c1ccc(-c2ccccc2)cc1. The Morgan fingerprint density at radius 1 is 0.508 bits per heavy atom. The summed E-state index contributed by atoms with van der Waals surface area (Å²) in [6.45, 7) is 9.27. The predicted octanol–water partition coefficient (Wildman–Crippen LogP) is 13.0. The fraction of sp³-hybridized carbons (Fsp3) is 0.111. The summed E-state index contributed by atoms with van der Waals surface area (Å²) in [4.78, 5) is 5.15. The van der Waals surface area contributed by atoms with Gasteiger partial charge in [0.2, 0.25) is 0 Å². The summed E-state index contributed by atoms with van der Waals surface area (Å²) < 4.78 is 13.8. The molecule has 4 aliphatic rings. The van der Waals surface area contributed by atoms with Crippen molar-refractivity contribution < 1.29 is 9.15 Å². The highest BCUT2D eigenvalue weighted by molar-refractivity contribution is 6.94. The lowest BCUT2D eigenvalue weighted by Crippen LogP contribution is -2.62. The zero-order chi connectivity index (χ0) is 39.4. The van der Waals surface area contributed by atoms with Crippen LogP contribution in [-0.4, -0.2) is 6.85 Å². The third-order valence-electron chi connectivity index (χ3n) is 13.9. The smallest absolute Gasteiger partial charge is 0.333 e. The summed E-state index contributed by atoms with van der Waals surface area (Å²) in [6.07, 6.45) is 0. The first-order chi connectivity index (χ1) is 28.8. The predicted molar refractivity (Wildman–Crippen MR) is 244 cm³/mol. The van der Waals surface area contributed by atoms with Crippen LogP contribution in [0.2, 0.25) is 0 Å². The van der Waals surface area contributed by atoms with Crippen LogP contribution in [0.25, 0.3) is 44.2 Å². The molecule has 0 radical (unpaired) electrons. The summed E-state index contributed by atoms with van der Waals surface area (Å²) in [7, 11) is 0. The fourth-order valence-corrected chi connectivity index (χ4v) is 11.1. The van der Waals surface area contributed by atoms with E-state index in [9.17, 15) is 0 Å². The number of fused-ring (bicyclic) bond motifs is 12. The number of hydrogen-bond acceptors (Lipinski definition) is 4. The van der Waals surface area contributed by atoms with E-state index in [1.165, 1.54) is 66.8 Å². The van der Waals surface area contributed by atoms with Crippen molar-refractivity contribution >= 4 is 68.1 Å². The molecule has 5 heterocycles. The minimum absolute atomic E-state index is 0.151. The number of para-hydroxylation sites is 4. The van der Waals surface area contributed by atoms with E-state index in [2.05, 4.69) is 201 Å². The zero-order valence-corrected chi connectivity index (χ0v) is 33.4. The van der Waals surface area contributed by atoms with Crippen molar-refractivity contribution in [3.63, 3.8) is 0 Å². The quantitative estimate of drug-likeness (QED) is 0.164. The van der Waals surface area contributed by atoms with E-state index in [0.29, 0.717) is 0 Å². The van der Waals surface area contributed by atoms with Gasteiger partial charge in [0.25, 0.3) is 0 Å². The molecule has 4 nitrogen and oxygen atoms in total. The summed E-state index contributed by atoms with van der Waals surface area (Å²) in [5, 5.41) is 2.29. The van der Waals surface area contributed by atoms with Crippen molar-refractivity contribution in [3.8, 4) is 33.8 Å². The minimum atomic E-state index is -0.302. The fourth-order valence-electron chi connectivity index (χ4n) is 11.1. The van der Waals surface area contributed by atoms with Crippen LogP contribution in [0, 0.1) is 0 Å². The summed E-state index contributed by atoms with van der Waals surface area (Å²) in [5.74, 6) is 1.81. The summed E-state index contributed by atoms with van der Waals surface area (Å²) in [6, 6.07) is 60.0. The monoisotopic (exact) mass is 758 g/mol. The molecule has 13 rings (SSSR count). The average Bonchev–Trinajstić information content (AvgIpc) is 3.64. The first-order valence-corrected chi connectivity index (χ1v) is 20.7. The molecule has 0 atom stereocenters. The first-order valence-electron chi connectivity index (χ1n) is 20.7. The molecule has 280 valence electrons. The van der Waals surface area contributed by atoms with E-state index >= 15 is 0 Å². The van der Waals surface area contributed by atoms with E-state index in [1.54, 1.807) is 0 Å². The Hall–Kier alpha value is -6.98. The van der Waals surface area contributed by atoms with Gasteiger partial charge in [-0.25, -0.2) is 0 Å². The first kappa shape index (κ1) is 33.0. The van der Waals surface area contributed by atoms with Crippen LogP contribution in [0.3, 0.4) is 0 Å². The van der Waals surface area contributed by atoms with Gasteiger partial charge in [-0.15, -0.1) is 0 Å². The zero-order valence-electron chi connectivity index (χ0n) is 33.4. The number of furan rings is 1. The Balaban J connectivity index is 1.19. The van der Waals surface area contributed by atoms with Gasteiger partial charge < -0.3 is 18.9 Å². The van der Waals surface area contributed by atoms with Crippen molar-refractivity contribution in [2.45, 2.75) is 38.5 Å². The molecule has 4 aliphatic heterocycles. The molecule has 0 fully saturated rings. The molecule has 8 aromatic carbocycles. The maximum atomic E-state index is 6.92. The van der Waals surface area contributed by atoms with E-state index < -0.39 is 0 Å². The summed E-state index contributed by atoms with van der Waals surface area (Å²) in [5.41, 5.74) is 19.5. The Morgan fingerprint density at radius 2 is 1.20 bits per heavy atom. The van der Waals surface area contributed by atoms with Gasteiger partial charge in [0.05, 0.1) is 5.69 Å². The second kappa shape index (κ2) is 11.4. The van der Waals surface area contributed by atoms with Gasteiger partial charge in [0, 0.05) is 73.2 Å². The van der Waals surface area contributed by atoms with Crippen LogP contribution >= 0.6 is 0 Å². The Labute approximate surface area is 344 Å². The largest absolute Gasteiger partial charge is 0.457 e. The van der Waals surface area contributed by atoms with Crippen molar-refractivity contribution in [1.29, 1.82) is 0 Å². The van der Waals surface area contributed by atoms with Crippen LogP contribution in [0.15, 0.2) is 168 Å². The van der Waals surface area contributed by atoms with E-state index in [-0.39, 0.29) is 17.7 Å². The lowest BCUT2D eigenvalue weighted by Gasteiger charge is -2.50. The molecule has 59 heavy (non-hydrogen) atoms. The second-order valence-electron chi connectivity index (χ2n) is 17.7. The average molecular weight is 759 g/mol. The molecular weight excluding hydrogens is 719 g/mol. The van der Waals surface area contributed by atoms with Gasteiger partial charge in [0.1, 0.15) is 22.7 Å². The molecule has 5 heteroatoms. The van der Waals surface area contributed by atoms with Gasteiger partial charge in [0.15, 0.2) is 0 Å². The third kappa shape index (κ3) is 4.24. The van der Waals surface area contributed by atoms with Crippen LogP contribution in [0.4, 0.5) is 28.4 Å². The highest BCUT2D eigenvalue weighted by Crippen LogP contribution is 2.58. The van der Waals surface area contributed by atoms with Crippen LogP contribution in [0.5, 0.6) is 11.5 Å². The number of hydrogen-bond donors (Lipinski definition) is 0. The number of ether oxygens (including phenoxy) is 1. The number of benzene rings is 8. The molecule has 0 spiro atoms. The molecule has 0 unspecified atom stereocenters. The van der Waals surface area contributed by atoms with E-state index in [0.717, 1.165) is 50.5 Å². The van der Waals surface area contributed by atoms with Crippen molar-refractivity contribution in [1.82, 2.24) is 0 Å². The normalized spacial score (nSPS) is 15.8. The van der Waals surface area contributed by atoms with Crippen molar-refractivity contribution in [2.75, 3.05) is 9.71 Å².